The quantitative estimate of drug-likeness (QED) is 0.156. The lowest BCUT2D eigenvalue weighted by molar-refractivity contribution is 0.660. The van der Waals surface area contributed by atoms with Crippen LogP contribution in [0.1, 0.15) is 48.6 Å². The van der Waals surface area contributed by atoms with Crippen molar-refractivity contribution in [2.45, 2.75) is 31.6 Å². The first-order valence-electron chi connectivity index (χ1n) is 21.1. The van der Waals surface area contributed by atoms with Gasteiger partial charge in [-0.2, -0.15) is 0 Å². The van der Waals surface area contributed by atoms with Crippen LogP contribution in [0.15, 0.2) is 218 Å². The van der Waals surface area contributed by atoms with Crippen LogP contribution < -0.4 is 4.90 Å². The van der Waals surface area contributed by atoms with Gasteiger partial charge in [-0.3, -0.25) is 0 Å². The van der Waals surface area contributed by atoms with Gasteiger partial charge in [0.2, 0.25) is 0 Å². The summed E-state index contributed by atoms with van der Waals surface area (Å²) in [5.74, 6) is 0. The van der Waals surface area contributed by atoms with E-state index >= 15 is 0 Å². The Labute approximate surface area is 353 Å². The van der Waals surface area contributed by atoms with E-state index in [1.165, 1.54) is 83.5 Å². The molecule has 0 N–H and O–H groups in total. The summed E-state index contributed by atoms with van der Waals surface area (Å²) in [4.78, 5) is 2.48. The fourth-order valence-electron chi connectivity index (χ4n) is 10.3. The first-order chi connectivity index (χ1) is 29.4. The lowest BCUT2D eigenvalue weighted by Gasteiger charge is -2.32. The third-order valence-electron chi connectivity index (χ3n) is 13.4. The van der Waals surface area contributed by atoms with Gasteiger partial charge in [-0.05, 0) is 115 Å². The zero-order valence-corrected chi connectivity index (χ0v) is 34.2. The first-order valence-corrected chi connectivity index (χ1v) is 21.1. The summed E-state index contributed by atoms with van der Waals surface area (Å²) in [5.41, 5.74) is 22.2. The lowest BCUT2D eigenvalue weighted by Crippen LogP contribution is -2.22. The first kappa shape index (κ1) is 35.9. The normalized spacial score (nSPS) is 15.4. The molecule has 1 unspecified atom stereocenters. The number of rotatable bonds is 7. The SMILES string of the molecule is CC1(C)c2ccccc2-c2c(-c3ccccc3N(c3ccc(-c4ccc(-c5ccccc5)cc4)cc3)c3ccc4c(c3)C(C)(c3ccccc3)c3ccccc3-4)cccc21. The molecule has 0 saturated carbocycles. The average Bonchev–Trinajstić information content (AvgIpc) is 3.71. The van der Waals surface area contributed by atoms with Gasteiger partial charge in [0.1, 0.15) is 0 Å². The van der Waals surface area contributed by atoms with Crippen molar-refractivity contribution in [1.82, 2.24) is 0 Å². The summed E-state index contributed by atoms with van der Waals surface area (Å²) < 4.78 is 0. The summed E-state index contributed by atoms with van der Waals surface area (Å²) in [6, 6.07) is 80.6. The largest absolute Gasteiger partial charge is 0.310 e. The third-order valence-corrected chi connectivity index (χ3v) is 13.4. The van der Waals surface area contributed by atoms with Crippen molar-refractivity contribution in [2.75, 3.05) is 4.90 Å². The molecule has 0 spiro atoms. The molecule has 2 aliphatic rings. The Morgan fingerprint density at radius 3 is 1.50 bits per heavy atom. The van der Waals surface area contributed by atoms with E-state index < -0.39 is 0 Å². The van der Waals surface area contributed by atoms with Gasteiger partial charge in [0, 0.05) is 27.8 Å². The minimum Gasteiger partial charge on any atom is -0.310 e. The van der Waals surface area contributed by atoms with E-state index in [0.29, 0.717) is 0 Å². The predicted molar refractivity (Wildman–Crippen MR) is 252 cm³/mol. The zero-order chi connectivity index (χ0) is 40.4. The predicted octanol–water partition coefficient (Wildman–Crippen LogP) is 15.8. The van der Waals surface area contributed by atoms with Gasteiger partial charge in [-0.25, -0.2) is 0 Å². The number of hydrogen-bond donors (Lipinski definition) is 0. The molecule has 2 aliphatic carbocycles. The van der Waals surface area contributed by atoms with Gasteiger partial charge >= 0.3 is 0 Å². The van der Waals surface area contributed by atoms with Gasteiger partial charge in [-0.1, -0.05) is 202 Å². The molecule has 9 aromatic carbocycles. The molecule has 1 nitrogen and oxygen atoms in total. The number of benzene rings is 9. The third kappa shape index (κ3) is 5.53. The average molecular weight is 768 g/mol. The molecule has 1 atom stereocenters. The Morgan fingerprint density at radius 2 is 0.800 bits per heavy atom. The van der Waals surface area contributed by atoms with Crippen molar-refractivity contribution in [3.63, 3.8) is 0 Å². The maximum atomic E-state index is 2.48. The van der Waals surface area contributed by atoms with Crippen LogP contribution in [0, 0.1) is 0 Å². The smallest absolute Gasteiger partial charge is 0.0540 e. The van der Waals surface area contributed by atoms with E-state index in [1.807, 2.05) is 0 Å². The summed E-state index contributed by atoms with van der Waals surface area (Å²) in [6.07, 6.45) is 0. The minimum atomic E-state index is -0.320. The highest BCUT2D eigenvalue weighted by Crippen LogP contribution is 2.56. The molecule has 0 heterocycles. The van der Waals surface area contributed by atoms with Gasteiger partial charge in [0.25, 0.3) is 0 Å². The second-order valence-corrected chi connectivity index (χ2v) is 17.0. The van der Waals surface area contributed by atoms with E-state index in [0.717, 1.165) is 17.1 Å². The molecule has 0 radical (unpaired) electrons. The van der Waals surface area contributed by atoms with Crippen LogP contribution in [0.3, 0.4) is 0 Å². The summed E-state index contributed by atoms with van der Waals surface area (Å²) in [7, 11) is 0. The molecule has 0 aliphatic heterocycles. The Hall–Kier alpha value is -7.22. The molecule has 0 fully saturated rings. The van der Waals surface area contributed by atoms with E-state index in [4.69, 9.17) is 0 Å². The molecule has 60 heavy (non-hydrogen) atoms. The number of nitrogens with zero attached hydrogens (tertiary/aromatic N) is 1. The van der Waals surface area contributed by atoms with Gasteiger partial charge < -0.3 is 4.90 Å². The summed E-state index contributed by atoms with van der Waals surface area (Å²) >= 11 is 0. The minimum absolute atomic E-state index is 0.0947. The highest BCUT2D eigenvalue weighted by atomic mass is 15.1. The number of anilines is 3. The van der Waals surface area contributed by atoms with Gasteiger partial charge in [0.05, 0.1) is 5.69 Å². The summed E-state index contributed by atoms with van der Waals surface area (Å²) in [6.45, 7) is 7.13. The maximum Gasteiger partial charge on any atom is 0.0540 e. The zero-order valence-electron chi connectivity index (χ0n) is 34.2. The molecule has 286 valence electrons. The van der Waals surface area contributed by atoms with Crippen molar-refractivity contribution in [3.05, 3.63) is 246 Å². The van der Waals surface area contributed by atoms with Gasteiger partial charge in [0.15, 0.2) is 0 Å². The second-order valence-electron chi connectivity index (χ2n) is 17.0. The number of para-hydroxylation sites is 1. The highest BCUT2D eigenvalue weighted by Gasteiger charge is 2.41. The maximum absolute atomic E-state index is 2.48. The van der Waals surface area contributed by atoms with E-state index in [1.54, 1.807) is 0 Å². The fourth-order valence-corrected chi connectivity index (χ4v) is 10.3. The summed E-state index contributed by atoms with van der Waals surface area (Å²) in [5, 5.41) is 0. The van der Waals surface area contributed by atoms with Crippen molar-refractivity contribution < 1.29 is 0 Å². The Balaban J connectivity index is 1.10. The molecular weight excluding hydrogens is 723 g/mol. The fraction of sp³-hybridized carbons (Fsp3) is 0.0847. The molecular formula is C59H45N. The monoisotopic (exact) mass is 767 g/mol. The van der Waals surface area contributed by atoms with Crippen molar-refractivity contribution in [1.29, 1.82) is 0 Å². The van der Waals surface area contributed by atoms with E-state index in [2.05, 4.69) is 244 Å². The number of hydrogen-bond acceptors (Lipinski definition) is 1. The molecule has 11 rings (SSSR count). The van der Waals surface area contributed by atoms with E-state index in [-0.39, 0.29) is 10.8 Å². The molecule has 0 saturated heterocycles. The Bertz CT molecular complexity index is 3050. The van der Waals surface area contributed by atoms with Crippen molar-refractivity contribution in [2.24, 2.45) is 0 Å². The number of fused-ring (bicyclic) bond motifs is 6. The molecule has 0 bridgehead atoms. The van der Waals surface area contributed by atoms with Crippen molar-refractivity contribution >= 4 is 17.1 Å². The van der Waals surface area contributed by atoms with Crippen LogP contribution in [0.2, 0.25) is 0 Å². The molecule has 0 aromatic heterocycles. The van der Waals surface area contributed by atoms with Crippen LogP contribution in [0.25, 0.3) is 55.6 Å². The molecule has 1 heteroatoms. The molecule has 9 aromatic rings. The van der Waals surface area contributed by atoms with Crippen molar-refractivity contribution in [3.8, 4) is 55.6 Å². The standard InChI is InChI=1S/C59H45N/c1-58(2)52-25-13-11-23-51(52)57-50(24-16-27-54(57)58)49-22-12-15-28-56(49)60(45-35-33-43(34-36-45)42-31-29-41(30-32-42)40-17-6-4-7-18-40)46-37-38-48-47-21-10-14-26-53(47)59(3,55(48)39-46)44-19-8-5-9-20-44/h4-39H,1-3H3. The molecule has 0 amide bonds. The van der Waals surface area contributed by atoms with Crippen LogP contribution in [-0.4, -0.2) is 0 Å². The van der Waals surface area contributed by atoms with Gasteiger partial charge in [-0.15, -0.1) is 0 Å². The van der Waals surface area contributed by atoms with Crippen LogP contribution in [-0.2, 0) is 10.8 Å². The topological polar surface area (TPSA) is 3.24 Å². The second kappa shape index (κ2) is 14.0. The van der Waals surface area contributed by atoms with Crippen LogP contribution >= 0.6 is 0 Å². The lowest BCUT2D eigenvalue weighted by atomic mass is 9.74. The Morgan fingerprint density at radius 1 is 0.317 bits per heavy atom. The highest BCUT2D eigenvalue weighted by molar-refractivity contribution is 5.98. The van der Waals surface area contributed by atoms with Crippen LogP contribution in [0.4, 0.5) is 17.1 Å². The Kier molecular flexibility index (Phi) is 8.36. The van der Waals surface area contributed by atoms with Crippen LogP contribution in [0.5, 0.6) is 0 Å². The van der Waals surface area contributed by atoms with E-state index in [9.17, 15) is 0 Å².